The van der Waals surface area contributed by atoms with Gasteiger partial charge in [-0.15, -0.1) is 0 Å². The fourth-order valence-corrected chi connectivity index (χ4v) is 3.33. The van der Waals surface area contributed by atoms with Gasteiger partial charge in [-0.1, -0.05) is 30.3 Å². The summed E-state index contributed by atoms with van der Waals surface area (Å²) in [5, 5.41) is 8.76. The maximum absolute atomic E-state index is 12.1. The zero-order valence-corrected chi connectivity index (χ0v) is 11.2. The summed E-state index contributed by atoms with van der Waals surface area (Å²) in [4.78, 5) is 10.7. The third kappa shape index (κ3) is 4.12. The molecule has 0 atom stereocenters. The molecule has 1 N–H and O–H groups in total. The normalized spacial score (nSPS) is 12.0. The Morgan fingerprint density at radius 3 is 2.28 bits per heavy atom. The lowest BCUT2D eigenvalue weighted by Crippen LogP contribution is -2.41. The highest BCUT2D eigenvalue weighted by Crippen LogP contribution is 2.13. The van der Waals surface area contributed by atoms with Crippen LogP contribution in [0.25, 0.3) is 0 Å². The summed E-state index contributed by atoms with van der Waals surface area (Å²) in [5.41, 5.74) is 0.647. The molecule has 0 aromatic heterocycles. The first-order valence-corrected chi connectivity index (χ1v) is 7.19. The number of carbonyl (C=O) groups is 1. The van der Waals surface area contributed by atoms with Crippen molar-refractivity contribution in [2.45, 2.75) is 25.6 Å². The summed E-state index contributed by atoms with van der Waals surface area (Å²) >= 11 is 0. The molecule has 0 fully saturated rings. The minimum absolute atomic E-state index is 0.181. The van der Waals surface area contributed by atoms with Gasteiger partial charge in [0.15, 0.2) is 0 Å². The van der Waals surface area contributed by atoms with E-state index in [2.05, 4.69) is 0 Å². The number of hydrogen-bond donors (Lipinski definition) is 1. The van der Waals surface area contributed by atoms with Crippen LogP contribution in [0.1, 0.15) is 19.4 Å². The molecule has 1 aromatic carbocycles. The van der Waals surface area contributed by atoms with Crippen molar-refractivity contribution < 1.29 is 18.3 Å². The van der Waals surface area contributed by atoms with Crippen molar-refractivity contribution in [2.24, 2.45) is 0 Å². The monoisotopic (exact) mass is 271 g/mol. The van der Waals surface area contributed by atoms with E-state index in [1.165, 1.54) is 0 Å². The molecule has 0 unspecified atom stereocenters. The Hall–Kier alpha value is -1.40. The quantitative estimate of drug-likeness (QED) is 0.846. The van der Waals surface area contributed by atoms with E-state index in [0.29, 0.717) is 5.56 Å². The number of sulfonamides is 1. The lowest BCUT2D eigenvalue weighted by molar-refractivity contribution is -0.137. The molecule has 0 aliphatic carbocycles. The number of carboxylic acid groups (broad SMARTS) is 1. The Labute approximate surface area is 107 Å². The molecule has 0 amide bonds. The number of carboxylic acids is 1. The lowest BCUT2D eigenvalue weighted by atomic mass is 10.2. The second-order valence-corrected chi connectivity index (χ2v) is 6.20. The van der Waals surface area contributed by atoms with Crippen molar-refractivity contribution in [3.8, 4) is 0 Å². The fourth-order valence-electron chi connectivity index (χ4n) is 1.60. The highest BCUT2D eigenvalue weighted by atomic mass is 32.2. The zero-order valence-electron chi connectivity index (χ0n) is 10.4. The first kappa shape index (κ1) is 14.7. The van der Waals surface area contributed by atoms with E-state index in [-0.39, 0.29) is 11.8 Å². The molecule has 100 valence electrons. The van der Waals surface area contributed by atoms with Gasteiger partial charge in [-0.05, 0) is 19.4 Å². The SMILES string of the molecule is CC(C)N(CC(=O)O)S(=O)(=O)Cc1ccccc1. The molecular formula is C12H17NO4S. The minimum Gasteiger partial charge on any atom is -0.480 e. The zero-order chi connectivity index (χ0) is 13.8. The summed E-state index contributed by atoms with van der Waals surface area (Å²) in [6.45, 7) is 2.81. The number of aliphatic carboxylic acids is 1. The summed E-state index contributed by atoms with van der Waals surface area (Å²) in [6, 6.07) is 8.33. The van der Waals surface area contributed by atoms with Crippen LogP contribution in [0, 0.1) is 0 Å². The summed E-state index contributed by atoms with van der Waals surface area (Å²) in [7, 11) is -3.62. The third-order valence-corrected chi connectivity index (χ3v) is 4.38. The molecule has 18 heavy (non-hydrogen) atoms. The van der Waals surface area contributed by atoms with Crippen LogP contribution in [0.4, 0.5) is 0 Å². The van der Waals surface area contributed by atoms with Crippen molar-refractivity contribution >= 4 is 16.0 Å². The van der Waals surface area contributed by atoms with Crippen LogP contribution in [0.2, 0.25) is 0 Å². The first-order valence-electron chi connectivity index (χ1n) is 5.58. The van der Waals surface area contributed by atoms with E-state index in [4.69, 9.17) is 5.11 Å². The maximum atomic E-state index is 12.1. The summed E-state index contributed by atoms with van der Waals surface area (Å²) < 4.78 is 25.3. The fraction of sp³-hybridized carbons (Fsp3) is 0.417. The first-order chi connectivity index (χ1) is 8.33. The Morgan fingerprint density at radius 2 is 1.83 bits per heavy atom. The highest BCUT2D eigenvalue weighted by Gasteiger charge is 2.27. The third-order valence-electron chi connectivity index (χ3n) is 2.42. The molecule has 0 spiro atoms. The molecule has 0 aliphatic rings. The van der Waals surface area contributed by atoms with E-state index in [1.807, 2.05) is 0 Å². The van der Waals surface area contributed by atoms with Crippen LogP contribution in [0.3, 0.4) is 0 Å². The van der Waals surface area contributed by atoms with Gasteiger partial charge in [0.05, 0.1) is 5.75 Å². The van der Waals surface area contributed by atoms with Gasteiger partial charge in [-0.2, -0.15) is 4.31 Å². The second-order valence-electron chi connectivity index (χ2n) is 4.27. The number of hydrogen-bond acceptors (Lipinski definition) is 3. The summed E-state index contributed by atoms with van der Waals surface area (Å²) in [5.74, 6) is -1.33. The van der Waals surface area contributed by atoms with Crippen LogP contribution in [0.15, 0.2) is 30.3 Å². The van der Waals surface area contributed by atoms with Crippen LogP contribution in [-0.2, 0) is 20.6 Å². The molecule has 0 radical (unpaired) electrons. The standard InChI is InChI=1S/C12H17NO4S/c1-10(2)13(8-12(14)15)18(16,17)9-11-6-4-3-5-7-11/h3-7,10H,8-9H2,1-2H3,(H,14,15). The number of benzene rings is 1. The van der Waals surface area contributed by atoms with Crippen LogP contribution < -0.4 is 0 Å². The van der Waals surface area contributed by atoms with Crippen molar-refractivity contribution in [3.05, 3.63) is 35.9 Å². The second kappa shape index (κ2) is 5.97. The Bertz CT molecular complexity index is 496. The minimum atomic E-state index is -3.62. The van der Waals surface area contributed by atoms with E-state index in [1.54, 1.807) is 44.2 Å². The summed E-state index contributed by atoms with van der Waals surface area (Å²) in [6.07, 6.45) is 0. The predicted octanol–water partition coefficient (Wildman–Crippen LogP) is 1.31. The van der Waals surface area contributed by atoms with Crippen molar-refractivity contribution in [1.29, 1.82) is 0 Å². The topological polar surface area (TPSA) is 74.7 Å². The average molecular weight is 271 g/mol. The Kier molecular flexibility index (Phi) is 4.86. The lowest BCUT2D eigenvalue weighted by Gasteiger charge is -2.24. The molecule has 1 aromatic rings. The van der Waals surface area contributed by atoms with E-state index in [0.717, 1.165) is 4.31 Å². The van der Waals surface area contributed by atoms with Gasteiger partial charge in [0, 0.05) is 6.04 Å². The molecule has 0 bridgehead atoms. The van der Waals surface area contributed by atoms with Gasteiger partial charge in [0.2, 0.25) is 10.0 Å². The Balaban J connectivity index is 2.92. The Morgan fingerprint density at radius 1 is 1.28 bits per heavy atom. The molecule has 1 rings (SSSR count). The molecule has 5 nitrogen and oxygen atoms in total. The predicted molar refractivity (Wildman–Crippen MR) is 68.5 cm³/mol. The van der Waals surface area contributed by atoms with Gasteiger partial charge >= 0.3 is 5.97 Å². The van der Waals surface area contributed by atoms with E-state index < -0.39 is 22.5 Å². The van der Waals surface area contributed by atoms with E-state index in [9.17, 15) is 13.2 Å². The van der Waals surface area contributed by atoms with Crippen molar-refractivity contribution in [3.63, 3.8) is 0 Å². The highest BCUT2D eigenvalue weighted by molar-refractivity contribution is 7.88. The molecule has 0 saturated carbocycles. The molecule has 0 heterocycles. The molecular weight excluding hydrogens is 254 g/mol. The average Bonchev–Trinajstić information content (AvgIpc) is 2.26. The van der Waals surface area contributed by atoms with Crippen LogP contribution >= 0.6 is 0 Å². The van der Waals surface area contributed by atoms with E-state index >= 15 is 0 Å². The van der Waals surface area contributed by atoms with Gasteiger partial charge in [-0.3, -0.25) is 4.79 Å². The number of rotatable bonds is 6. The maximum Gasteiger partial charge on any atom is 0.318 e. The number of nitrogens with zero attached hydrogens (tertiary/aromatic N) is 1. The molecule has 6 heteroatoms. The largest absolute Gasteiger partial charge is 0.480 e. The smallest absolute Gasteiger partial charge is 0.318 e. The van der Waals surface area contributed by atoms with Crippen LogP contribution in [-0.4, -0.2) is 36.4 Å². The van der Waals surface area contributed by atoms with Gasteiger partial charge in [0.25, 0.3) is 0 Å². The van der Waals surface area contributed by atoms with Gasteiger partial charge in [-0.25, -0.2) is 8.42 Å². The molecule has 0 aliphatic heterocycles. The molecule has 0 saturated heterocycles. The van der Waals surface area contributed by atoms with Crippen LogP contribution in [0.5, 0.6) is 0 Å². The van der Waals surface area contributed by atoms with Crippen molar-refractivity contribution in [1.82, 2.24) is 4.31 Å². The van der Waals surface area contributed by atoms with Gasteiger partial charge < -0.3 is 5.11 Å². The van der Waals surface area contributed by atoms with Crippen molar-refractivity contribution in [2.75, 3.05) is 6.54 Å². The van der Waals surface area contributed by atoms with Gasteiger partial charge in [0.1, 0.15) is 6.54 Å².